The average molecular weight is 466 g/mol. The van der Waals surface area contributed by atoms with Crippen LogP contribution in [0.25, 0.3) is 0 Å². The Balaban J connectivity index is 0.00000288. The summed E-state index contributed by atoms with van der Waals surface area (Å²) in [5, 5.41) is 11.9. The number of rotatable bonds is 6. The van der Waals surface area contributed by atoms with Gasteiger partial charge in [0, 0.05) is 26.7 Å². The summed E-state index contributed by atoms with van der Waals surface area (Å²) in [6, 6.07) is 0. The number of hydrogen-bond acceptors (Lipinski definition) is 4. The van der Waals surface area contributed by atoms with Crippen molar-refractivity contribution in [1.29, 1.82) is 0 Å². The molecule has 8 heteroatoms. The van der Waals surface area contributed by atoms with E-state index in [1.54, 1.807) is 0 Å². The van der Waals surface area contributed by atoms with Gasteiger partial charge in [0.05, 0.1) is 0 Å². The van der Waals surface area contributed by atoms with Crippen LogP contribution in [0.3, 0.4) is 0 Å². The van der Waals surface area contributed by atoms with Crippen molar-refractivity contribution in [2.45, 2.75) is 39.7 Å². The zero-order valence-electron chi connectivity index (χ0n) is 15.3. The van der Waals surface area contributed by atoms with Crippen molar-refractivity contribution in [1.82, 2.24) is 25.0 Å². The van der Waals surface area contributed by atoms with E-state index in [2.05, 4.69) is 33.6 Å². The smallest absolute Gasteiger partial charge is 0.194 e. The Hall–Kier alpha value is -0.510. The van der Waals surface area contributed by atoms with Gasteiger partial charge in [-0.2, -0.15) is 11.8 Å². The first kappa shape index (κ1) is 21.5. The third-order valence-electron chi connectivity index (χ3n) is 4.44. The molecule has 1 saturated heterocycles. The second-order valence-electron chi connectivity index (χ2n) is 6.30. The SMILES string of the molecule is CSCCCNC(=NCc1nnc(C)n1C)N1CCC(C)CC1.I. The highest BCUT2D eigenvalue weighted by atomic mass is 127. The molecule has 0 saturated carbocycles. The molecule has 0 spiro atoms. The number of thioether (sulfide) groups is 1. The molecule has 1 N–H and O–H groups in total. The largest absolute Gasteiger partial charge is 0.356 e. The number of guanidine groups is 1. The standard InChI is InChI=1S/C16H30N6S.HI/c1-13-6-9-22(10-7-13)16(17-8-5-11-23-4)18-12-15-20-19-14(2)21(15)3;/h13H,5-12H2,1-4H3,(H,17,18);1H. The number of likely N-dealkylation sites (tertiary alicyclic amines) is 1. The van der Waals surface area contributed by atoms with E-state index in [-0.39, 0.29) is 24.0 Å². The van der Waals surface area contributed by atoms with Gasteiger partial charge in [0.15, 0.2) is 11.8 Å². The highest BCUT2D eigenvalue weighted by molar-refractivity contribution is 14.0. The first-order chi connectivity index (χ1) is 11.1. The first-order valence-corrected chi connectivity index (χ1v) is 9.88. The molecular weight excluding hydrogens is 435 g/mol. The van der Waals surface area contributed by atoms with Crippen molar-refractivity contribution in [2.24, 2.45) is 18.0 Å². The highest BCUT2D eigenvalue weighted by Gasteiger charge is 2.19. The zero-order valence-corrected chi connectivity index (χ0v) is 18.4. The number of nitrogens with one attached hydrogen (secondary N) is 1. The summed E-state index contributed by atoms with van der Waals surface area (Å²) in [5.74, 6) is 4.87. The van der Waals surface area contributed by atoms with E-state index in [1.165, 1.54) is 18.6 Å². The molecule has 2 heterocycles. The van der Waals surface area contributed by atoms with Crippen LogP contribution < -0.4 is 5.32 Å². The fourth-order valence-corrected chi connectivity index (χ4v) is 3.07. The van der Waals surface area contributed by atoms with Crippen LogP contribution in [0.1, 0.15) is 37.8 Å². The first-order valence-electron chi connectivity index (χ1n) is 8.49. The summed E-state index contributed by atoms with van der Waals surface area (Å²) in [7, 11) is 1.99. The molecule has 1 aliphatic rings. The summed E-state index contributed by atoms with van der Waals surface area (Å²) < 4.78 is 2.01. The van der Waals surface area contributed by atoms with E-state index in [4.69, 9.17) is 4.99 Å². The minimum atomic E-state index is 0. The van der Waals surface area contributed by atoms with Gasteiger partial charge in [-0.3, -0.25) is 0 Å². The number of aromatic nitrogens is 3. The van der Waals surface area contributed by atoms with Gasteiger partial charge in [-0.25, -0.2) is 4.99 Å². The number of hydrogen-bond donors (Lipinski definition) is 1. The van der Waals surface area contributed by atoms with Crippen LogP contribution in [-0.4, -0.2) is 57.3 Å². The third kappa shape index (κ3) is 6.42. The van der Waals surface area contributed by atoms with Gasteiger partial charge in [-0.15, -0.1) is 34.2 Å². The third-order valence-corrected chi connectivity index (χ3v) is 5.14. The summed E-state index contributed by atoms with van der Waals surface area (Å²) in [4.78, 5) is 7.21. The van der Waals surface area contributed by atoms with Crippen LogP contribution in [0, 0.1) is 12.8 Å². The number of aliphatic imine (C=N–C) groups is 1. The molecule has 24 heavy (non-hydrogen) atoms. The van der Waals surface area contributed by atoms with Crippen LogP contribution in [0.4, 0.5) is 0 Å². The molecule has 0 atom stereocenters. The second kappa shape index (κ2) is 11.2. The predicted molar refractivity (Wildman–Crippen MR) is 113 cm³/mol. The Labute approximate surface area is 167 Å². The number of aryl methyl sites for hydroxylation is 1. The Morgan fingerprint density at radius 1 is 1.33 bits per heavy atom. The molecule has 1 aromatic heterocycles. The van der Waals surface area contributed by atoms with Crippen molar-refractivity contribution in [3.05, 3.63) is 11.6 Å². The van der Waals surface area contributed by atoms with E-state index in [1.807, 2.05) is 30.3 Å². The Kier molecular flexibility index (Phi) is 10.0. The van der Waals surface area contributed by atoms with Crippen molar-refractivity contribution in [2.75, 3.05) is 31.6 Å². The van der Waals surface area contributed by atoms with Crippen molar-refractivity contribution in [3.63, 3.8) is 0 Å². The molecule has 138 valence electrons. The van der Waals surface area contributed by atoms with Gasteiger partial charge in [-0.05, 0) is 44.1 Å². The average Bonchev–Trinajstić information content (AvgIpc) is 2.87. The fourth-order valence-electron chi connectivity index (χ4n) is 2.64. The van der Waals surface area contributed by atoms with Crippen LogP contribution >= 0.6 is 35.7 Å². The zero-order chi connectivity index (χ0) is 16.7. The summed E-state index contributed by atoms with van der Waals surface area (Å²) in [5.41, 5.74) is 0. The fraction of sp³-hybridized carbons (Fsp3) is 0.812. The molecule has 0 bridgehead atoms. The van der Waals surface area contributed by atoms with Crippen molar-refractivity contribution < 1.29 is 0 Å². The molecule has 1 aromatic rings. The Morgan fingerprint density at radius 2 is 2.04 bits per heavy atom. The van der Waals surface area contributed by atoms with Gasteiger partial charge in [0.25, 0.3) is 0 Å². The summed E-state index contributed by atoms with van der Waals surface area (Å²) in [6.07, 6.45) is 5.80. The minimum Gasteiger partial charge on any atom is -0.356 e. The van der Waals surface area contributed by atoms with E-state index >= 15 is 0 Å². The second-order valence-corrected chi connectivity index (χ2v) is 7.29. The van der Waals surface area contributed by atoms with Gasteiger partial charge >= 0.3 is 0 Å². The monoisotopic (exact) mass is 466 g/mol. The molecule has 1 fully saturated rings. The molecule has 0 aromatic carbocycles. The maximum atomic E-state index is 4.82. The summed E-state index contributed by atoms with van der Waals surface area (Å²) >= 11 is 1.89. The lowest BCUT2D eigenvalue weighted by molar-refractivity contribution is 0.273. The molecule has 0 aliphatic carbocycles. The normalized spacial score (nSPS) is 16.2. The highest BCUT2D eigenvalue weighted by Crippen LogP contribution is 2.16. The molecule has 0 radical (unpaired) electrons. The molecule has 6 nitrogen and oxygen atoms in total. The van der Waals surface area contributed by atoms with E-state index in [9.17, 15) is 0 Å². The predicted octanol–water partition coefficient (Wildman–Crippen LogP) is 2.67. The molecule has 2 rings (SSSR count). The number of nitrogens with zero attached hydrogens (tertiary/aromatic N) is 5. The maximum Gasteiger partial charge on any atom is 0.194 e. The van der Waals surface area contributed by atoms with Gasteiger partial charge < -0.3 is 14.8 Å². The summed E-state index contributed by atoms with van der Waals surface area (Å²) in [6.45, 7) is 8.04. The number of piperidine rings is 1. The Bertz CT molecular complexity index is 511. The maximum absolute atomic E-state index is 4.82. The quantitative estimate of drug-likeness (QED) is 0.303. The van der Waals surface area contributed by atoms with Crippen molar-refractivity contribution >= 4 is 41.7 Å². The molecule has 0 unspecified atom stereocenters. The van der Waals surface area contributed by atoms with E-state index < -0.39 is 0 Å². The van der Waals surface area contributed by atoms with Crippen LogP contribution in [0.15, 0.2) is 4.99 Å². The van der Waals surface area contributed by atoms with Crippen molar-refractivity contribution in [3.8, 4) is 0 Å². The van der Waals surface area contributed by atoms with Crippen LogP contribution in [-0.2, 0) is 13.6 Å². The van der Waals surface area contributed by atoms with E-state index in [0.29, 0.717) is 6.54 Å². The van der Waals surface area contributed by atoms with Gasteiger partial charge in [0.1, 0.15) is 12.4 Å². The Morgan fingerprint density at radius 3 is 2.62 bits per heavy atom. The lowest BCUT2D eigenvalue weighted by atomic mass is 10.00. The molecule has 1 aliphatic heterocycles. The lowest BCUT2D eigenvalue weighted by Crippen LogP contribution is -2.45. The van der Waals surface area contributed by atoms with Crippen LogP contribution in [0.2, 0.25) is 0 Å². The van der Waals surface area contributed by atoms with Gasteiger partial charge in [-0.1, -0.05) is 6.92 Å². The number of halogens is 1. The van der Waals surface area contributed by atoms with E-state index in [0.717, 1.165) is 49.6 Å². The van der Waals surface area contributed by atoms with Crippen LogP contribution in [0.5, 0.6) is 0 Å². The minimum absolute atomic E-state index is 0. The van der Waals surface area contributed by atoms with Gasteiger partial charge in [0.2, 0.25) is 0 Å². The molecular formula is C16H31IN6S. The molecule has 0 amide bonds. The topological polar surface area (TPSA) is 58.3 Å². The lowest BCUT2D eigenvalue weighted by Gasteiger charge is -2.33.